The number of aliphatic carboxylic acids is 1. The molecule has 1 N–H and O–H groups in total. The van der Waals surface area contributed by atoms with Crippen molar-refractivity contribution >= 4 is 12.0 Å². The van der Waals surface area contributed by atoms with Crippen LogP contribution in [-0.4, -0.2) is 59.8 Å². The molecule has 0 bridgehead atoms. The van der Waals surface area contributed by atoms with Gasteiger partial charge in [-0.15, -0.1) is 6.58 Å². The average molecular weight is 254 g/mol. The Bertz CT molecular complexity index is 304. The van der Waals surface area contributed by atoms with Crippen molar-refractivity contribution in [3.8, 4) is 0 Å². The van der Waals surface area contributed by atoms with E-state index in [0.29, 0.717) is 0 Å². The molecule has 0 fully saturated rings. The van der Waals surface area contributed by atoms with Gasteiger partial charge in [-0.3, -0.25) is 4.79 Å². The number of carboxylic acids is 1. The molecule has 0 unspecified atom stereocenters. The first-order valence-corrected chi connectivity index (χ1v) is 4.57. The molecule has 0 aliphatic rings. The second kappa shape index (κ2) is 6.12. The van der Waals surface area contributed by atoms with E-state index >= 15 is 0 Å². The first kappa shape index (κ1) is 15.3. The monoisotopic (exact) mass is 254 g/mol. The average Bonchev–Trinajstić information content (AvgIpc) is 2.13. The highest BCUT2D eigenvalue weighted by molar-refractivity contribution is 5.80. The number of nitrogens with zero attached hydrogens (tertiary/aromatic N) is 2. The second-order valence-electron chi connectivity index (χ2n) is 3.32. The SMILES string of the molecule is C=CCN(C)C(=O)N(CC(=O)O)CC(F)(F)F. The summed E-state index contributed by atoms with van der Waals surface area (Å²) >= 11 is 0. The molecule has 98 valence electrons. The summed E-state index contributed by atoms with van der Waals surface area (Å²) in [6.07, 6.45) is -3.31. The first-order valence-electron chi connectivity index (χ1n) is 4.57. The van der Waals surface area contributed by atoms with Gasteiger partial charge in [0.1, 0.15) is 13.1 Å². The number of rotatable bonds is 5. The summed E-state index contributed by atoms with van der Waals surface area (Å²) in [6.45, 7) is 0.764. The van der Waals surface area contributed by atoms with Gasteiger partial charge in [0.05, 0.1) is 0 Å². The molecule has 0 saturated carbocycles. The van der Waals surface area contributed by atoms with Crippen molar-refractivity contribution in [2.45, 2.75) is 6.18 Å². The van der Waals surface area contributed by atoms with Gasteiger partial charge in [0.2, 0.25) is 0 Å². The zero-order valence-electron chi connectivity index (χ0n) is 9.20. The van der Waals surface area contributed by atoms with Crippen molar-refractivity contribution in [1.82, 2.24) is 9.80 Å². The molecule has 2 amide bonds. The highest BCUT2D eigenvalue weighted by Gasteiger charge is 2.34. The van der Waals surface area contributed by atoms with Gasteiger partial charge >= 0.3 is 18.2 Å². The molecule has 0 aliphatic carbocycles. The molecule has 0 spiro atoms. The molecule has 0 aromatic rings. The Labute approximate surface area is 96.1 Å². The lowest BCUT2D eigenvalue weighted by Crippen LogP contribution is -2.47. The fraction of sp³-hybridized carbons (Fsp3) is 0.556. The number of alkyl halides is 3. The van der Waals surface area contributed by atoms with Gasteiger partial charge < -0.3 is 14.9 Å². The van der Waals surface area contributed by atoms with Gasteiger partial charge in [-0.2, -0.15) is 13.2 Å². The number of carboxylic acid groups (broad SMARTS) is 1. The molecular weight excluding hydrogens is 241 g/mol. The Morgan fingerprint density at radius 1 is 1.41 bits per heavy atom. The number of carbonyl (C=O) groups excluding carboxylic acids is 1. The summed E-state index contributed by atoms with van der Waals surface area (Å²) in [7, 11) is 1.26. The number of amides is 2. The number of carbonyl (C=O) groups is 2. The number of likely N-dealkylation sites (N-methyl/N-ethyl adjacent to an activating group) is 1. The lowest BCUT2D eigenvalue weighted by Gasteiger charge is -2.26. The summed E-state index contributed by atoms with van der Waals surface area (Å²) < 4.78 is 36.4. The van der Waals surface area contributed by atoms with Crippen LogP contribution in [0.2, 0.25) is 0 Å². The highest BCUT2D eigenvalue weighted by atomic mass is 19.4. The maximum atomic E-state index is 12.1. The number of hydrogen-bond acceptors (Lipinski definition) is 2. The third-order valence-electron chi connectivity index (χ3n) is 1.70. The van der Waals surface area contributed by atoms with Crippen LogP contribution in [0.25, 0.3) is 0 Å². The van der Waals surface area contributed by atoms with E-state index in [1.807, 2.05) is 0 Å². The fourth-order valence-corrected chi connectivity index (χ4v) is 1.08. The van der Waals surface area contributed by atoms with E-state index in [-0.39, 0.29) is 11.4 Å². The third-order valence-corrected chi connectivity index (χ3v) is 1.70. The Kier molecular flexibility index (Phi) is 5.49. The van der Waals surface area contributed by atoms with E-state index in [2.05, 4.69) is 6.58 Å². The van der Waals surface area contributed by atoms with Crippen LogP contribution in [0.4, 0.5) is 18.0 Å². The van der Waals surface area contributed by atoms with E-state index in [9.17, 15) is 22.8 Å². The predicted molar refractivity (Wildman–Crippen MR) is 53.5 cm³/mol. The molecule has 8 heteroatoms. The Balaban J connectivity index is 4.72. The molecule has 0 aromatic carbocycles. The minimum Gasteiger partial charge on any atom is -0.480 e. The van der Waals surface area contributed by atoms with E-state index in [1.54, 1.807) is 0 Å². The Hall–Kier alpha value is -1.73. The zero-order valence-corrected chi connectivity index (χ0v) is 9.20. The molecule has 0 heterocycles. The maximum absolute atomic E-state index is 12.1. The zero-order chi connectivity index (χ0) is 13.6. The Morgan fingerprint density at radius 2 is 1.94 bits per heavy atom. The van der Waals surface area contributed by atoms with Gasteiger partial charge in [0, 0.05) is 13.6 Å². The number of urea groups is 1. The fourth-order valence-electron chi connectivity index (χ4n) is 1.08. The van der Waals surface area contributed by atoms with Crippen molar-refractivity contribution in [3.05, 3.63) is 12.7 Å². The third kappa shape index (κ3) is 6.44. The van der Waals surface area contributed by atoms with Crippen LogP contribution in [-0.2, 0) is 4.79 Å². The summed E-state index contributed by atoms with van der Waals surface area (Å²) in [4.78, 5) is 23.0. The molecule has 5 nitrogen and oxygen atoms in total. The van der Waals surface area contributed by atoms with Crippen molar-refractivity contribution in [1.29, 1.82) is 0 Å². The van der Waals surface area contributed by atoms with E-state index in [0.717, 1.165) is 4.90 Å². The first-order chi connectivity index (χ1) is 7.67. The topological polar surface area (TPSA) is 60.9 Å². The van der Waals surface area contributed by atoms with E-state index in [1.165, 1.54) is 13.1 Å². The van der Waals surface area contributed by atoms with Crippen LogP contribution in [0, 0.1) is 0 Å². The highest BCUT2D eigenvalue weighted by Crippen LogP contribution is 2.17. The summed E-state index contributed by atoms with van der Waals surface area (Å²) in [5.74, 6) is -1.50. The second-order valence-corrected chi connectivity index (χ2v) is 3.32. The largest absolute Gasteiger partial charge is 0.480 e. The summed E-state index contributed by atoms with van der Waals surface area (Å²) in [5, 5.41) is 8.44. The molecule has 17 heavy (non-hydrogen) atoms. The van der Waals surface area contributed by atoms with Crippen LogP contribution in [0.3, 0.4) is 0 Å². The van der Waals surface area contributed by atoms with E-state index < -0.39 is 31.3 Å². The lowest BCUT2D eigenvalue weighted by molar-refractivity contribution is -0.149. The van der Waals surface area contributed by atoms with Crippen molar-refractivity contribution < 1.29 is 27.9 Å². The number of hydrogen-bond donors (Lipinski definition) is 1. The normalized spacial score (nSPS) is 10.8. The van der Waals surface area contributed by atoms with Crippen molar-refractivity contribution in [2.24, 2.45) is 0 Å². The molecular formula is C9H13F3N2O3. The molecule has 0 radical (unpaired) electrons. The molecule has 0 saturated heterocycles. The minimum absolute atomic E-state index is 0.0345. The van der Waals surface area contributed by atoms with Gasteiger partial charge in [0.15, 0.2) is 0 Å². The number of halogens is 3. The van der Waals surface area contributed by atoms with Crippen LogP contribution in [0.15, 0.2) is 12.7 Å². The maximum Gasteiger partial charge on any atom is 0.406 e. The van der Waals surface area contributed by atoms with Crippen molar-refractivity contribution in [2.75, 3.05) is 26.7 Å². The van der Waals surface area contributed by atoms with Crippen LogP contribution in [0.5, 0.6) is 0 Å². The smallest absolute Gasteiger partial charge is 0.406 e. The quantitative estimate of drug-likeness (QED) is 0.749. The summed E-state index contributed by atoms with van der Waals surface area (Å²) in [5.41, 5.74) is 0. The van der Waals surface area contributed by atoms with Crippen LogP contribution in [0.1, 0.15) is 0 Å². The lowest BCUT2D eigenvalue weighted by atomic mass is 10.4. The van der Waals surface area contributed by atoms with Crippen molar-refractivity contribution in [3.63, 3.8) is 0 Å². The summed E-state index contributed by atoms with van der Waals surface area (Å²) in [6, 6.07) is -1.01. The Morgan fingerprint density at radius 3 is 2.29 bits per heavy atom. The van der Waals surface area contributed by atoms with Crippen LogP contribution >= 0.6 is 0 Å². The van der Waals surface area contributed by atoms with E-state index in [4.69, 9.17) is 5.11 Å². The standard InChI is InChI=1S/C9H13F3N2O3/c1-3-4-13(2)8(17)14(5-7(15)16)6-9(10,11)12/h3H,1,4-6H2,2H3,(H,15,16). The van der Waals surface area contributed by atoms with Gasteiger partial charge in [0.25, 0.3) is 0 Å². The van der Waals surface area contributed by atoms with Gasteiger partial charge in [-0.1, -0.05) is 6.08 Å². The minimum atomic E-state index is -4.64. The van der Waals surface area contributed by atoms with Crippen LogP contribution < -0.4 is 0 Å². The van der Waals surface area contributed by atoms with Gasteiger partial charge in [-0.05, 0) is 0 Å². The molecule has 0 aliphatic heterocycles. The molecule has 0 rings (SSSR count). The molecule has 0 atom stereocenters. The molecule has 0 aromatic heterocycles. The van der Waals surface area contributed by atoms with Gasteiger partial charge in [-0.25, -0.2) is 4.79 Å². The predicted octanol–water partition coefficient (Wildman–Crippen LogP) is 1.17.